The summed E-state index contributed by atoms with van der Waals surface area (Å²) in [6, 6.07) is 16.0. The smallest absolute Gasteiger partial charge is 0.272 e. The maximum Gasteiger partial charge on any atom is 0.272 e. The number of rotatable bonds is 18. The van der Waals surface area contributed by atoms with Gasteiger partial charge in [0.25, 0.3) is 5.91 Å². The van der Waals surface area contributed by atoms with Crippen LogP contribution < -0.4 is 15.2 Å². The number of hydrazine groups is 1. The molecule has 3 rings (SSSR count). The fraction of sp³-hybridized carbons (Fsp3) is 0.581. The van der Waals surface area contributed by atoms with Gasteiger partial charge in [-0.2, -0.15) is 0 Å². The number of nitrogens with zero attached hydrogens (tertiary/aromatic N) is 1. The Morgan fingerprint density at radius 1 is 0.811 bits per heavy atom. The standard InChI is InChI=1S/C31H46N2O4/c1-2-3-4-5-6-7-8-9-10-11-12-13-14-18-24-37-28-23-19-20-26(25-28)31(36)29(34)30(35)32-33(31)27-21-16-15-17-22-27/h15-17,19-23,25,29,34,36H,2-14,18,24H2,1H3,(H,32,35). The molecule has 6 nitrogen and oxygen atoms in total. The van der Waals surface area contributed by atoms with Crippen LogP contribution in [0.1, 0.15) is 102 Å². The molecule has 0 spiro atoms. The lowest BCUT2D eigenvalue weighted by atomic mass is 9.96. The molecule has 0 aliphatic carbocycles. The van der Waals surface area contributed by atoms with Crippen molar-refractivity contribution in [2.24, 2.45) is 0 Å². The summed E-state index contributed by atoms with van der Waals surface area (Å²) in [5.41, 5.74) is 1.61. The topological polar surface area (TPSA) is 82.0 Å². The predicted octanol–water partition coefficient (Wildman–Crippen LogP) is 6.60. The minimum absolute atomic E-state index is 0.390. The number of hydrogen-bond acceptors (Lipinski definition) is 5. The van der Waals surface area contributed by atoms with Crippen LogP contribution in [0.2, 0.25) is 0 Å². The van der Waals surface area contributed by atoms with Crippen LogP contribution in [-0.4, -0.2) is 28.8 Å². The van der Waals surface area contributed by atoms with Gasteiger partial charge in [0.05, 0.1) is 12.3 Å². The zero-order chi connectivity index (χ0) is 26.3. The number of carbonyl (C=O) groups excluding carboxylic acids is 1. The summed E-state index contributed by atoms with van der Waals surface area (Å²) in [5, 5.41) is 23.4. The summed E-state index contributed by atoms with van der Waals surface area (Å²) in [6.07, 6.45) is 16.8. The van der Waals surface area contributed by atoms with Crippen LogP contribution >= 0.6 is 0 Å². The average Bonchev–Trinajstić information content (AvgIpc) is 3.16. The Hall–Kier alpha value is -2.57. The second-order valence-electron chi connectivity index (χ2n) is 10.2. The fourth-order valence-electron chi connectivity index (χ4n) is 4.99. The summed E-state index contributed by atoms with van der Waals surface area (Å²) >= 11 is 0. The Morgan fingerprint density at radius 2 is 1.38 bits per heavy atom. The Balaban J connectivity index is 1.35. The first-order valence-electron chi connectivity index (χ1n) is 14.4. The van der Waals surface area contributed by atoms with Gasteiger partial charge in [-0.15, -0.1) is 0 Å². The van der Waals surface area contributed by atoms with Crippen LogP contribution in [0, 0.1) is 0 Å². The molecule has 6 heteroatoms. The average molecular weight is 511 g/mol. The molecule has 1 aliphatic rings. The molecule has 0 bridgehead atoms. The van der Waals surface area contributed by atoms with Gasteiger partial charge >= 0.3 is 0 Å². The molecule has 2 aromatic carbocycles. The number of hydrogen-bond donors (Lipinski definition) is 3. The molecule has 3 N–H and O–H groups in total. The van der Waals surface area contributed by atoms with Crippen LogP contribution in [0.3, 0.4) is 0 Å². The summed E-state index contributed by atoms with van der Waals surface area (Å²) in [5.74, 6) is -0.0414. The number of carbonyl (C=O) groups is 1. The highest BCUT2D eigenvalue weighted by molar-refractivity contribution is 5.88. The molecule has 0 radical (unpaired) electrons. The molecule has 2 atom stereocenters. The van der Waals surface area contributed by atoms with Crippen LogP contribution in [0.15, 0.2) is 54.6 Å². The molecule has 204 valence electrons. The largest absolute Gasteiger partial charge is 0.494 e. The number of anilines is 1. The predicted molar refractivity (Wildman–Crippen MR) is 149 cm³/mol. The first-order valence-corrected chi connectivity index (χ1v) is 14.4. The monoisotopic (exact) mass is 510 g/mol. The molecule has 1 saturated heterocycles. The molecule has 0 aromatic heterocycles. The van der Waals surface area contributed by atoms with Crippen molar-refractivity contribution in [1.82, 2.24) is 5.43 Å². The van der Waals surface area contributed by atoms with E-state index in [1.54, 1.807) is 30.3 Å². The van der Waals surface area contributed by atoms with Crippen LogP contribution in [0.5, 0.6) is 5.75 Å². The van der Waals surface area contributed by atoms with E-state index in [2.05, 4.69) is 12.3 Å². The summed E-state index contributed by atoms with van der Waals surface area (Å²) in [4.78, 5) is 12.3. The molecule has 1 heterocycles. The lowest BCUT2D eigenvalue weighted by molar-refractivity contribution is -0.134. The number of para-hydroxylation sites is 1. The second-order valence-corrected chi connectivity index (χ2v) is 10.2. The van der Waals surface area contributed by atoms with Gasteiger partial charge in [-0.25, -0.2) is 5.01 Å². The highest BCUT2D eigenvalue weighted by Crippen LogP contribution is 2.37. The van der Waals surface area contributed by atoms with Crippen molar-refractivity contribution in [3.8, 4) is 5.75 Å². The Morgan fingerprint density at radius 3 is 1.97 bits per heavy atom. The van der Waals surface area contributed by atoms with Crippen molar-refractivity contribution >= 4 is 11.6 Å². The van der Waals surface area contributed by atoms with Gasteiger partial charge in [0.2, 0.25) is 5.72 Å². The normalized spacial score (nSPS) is 19.3. The third kappa shape index (κ3) is 8.47. The minimum Gasteiger partial charge on any atom is -0.494 e. The molecular weight excluding hydrogens is 464 g/mol. The van der Waals surface area contributed by atoms with Crippen LogP contribution in [-0.2, 0) is 10.5 Å². The van der Waals surface area contributed by atoms with Gasteiger partial charge in [-0.1, -0.05) is 121 Å². The first kappa shape index (κ1) is 29.0. The minimum atomic E-state index is -1.94. The van der Waals surface area contributed by atoms with E-state index in [4.69, 9.17) is 4.74 Å². The lowest BCUT2D eigenvalue weighted by Crippen LogP contribution is -2.50. The summed E-state index contributed by atoms with van der Waals surface area (Å²) in [6.45, 7) is 2.87. The van der Waals surface area contributed by atoms with E-state index >= 15 is 0 Å². The van der Waals surface area contributed by atoms with E-state index in [1.807, 2.05) is 24.3 Å². The number of aliphatic hydroxyl groups excluding tert-OH is 1. The maximum atomic E-state index is 12.3. The van der Waals surface area contributed by atoms with E-state index in [0.717, 1.165) is 12.8 Å². The highest BCUT2D eigenvalue weighted by atomic mass is 16.5. The molecule has 0 saturated carbocycles. The fourth-order valence-corrected chi connectivity index (χ4v) is 4.99. The van der Waals surface area contributed by atoms with Gasteiger partial charge in [0.15, 0.2) is 6.10 Å². The highest BCUT2D eigenvalue weighted by Gasteiger charge is 2.54. The van der Waals surface area contributed by atoms with E-state index in [-0.39, 0.29) is 0 Å². The van der Waals surface area contributed by atoms with Crippen molar-refractivity contribution in [2.45, 2.75) is 109 Å². The van der Waals surface area contributed by atoms with Crippen LogP contribution in [0.25, 0.3) is 0 Å². The number of benzene rings is 2. The Labute approximate surface area is 223 Å². The van der Waals surface area contributed by atoms with E-state index < -0.39 is 17.7 Å². The van der Waals surface area contributed by atoms with Crippen LogP contribution in [0.4, 0.5) is 5.69 Å². The molecule has 1 aliphatic heterocycles. The number of amides is 1. The molecule has 2 aromatic rings. The van der Waals surface area contributed by atoms with E-state index in [0.29, 0.717) is 23.6 Å². The molecule has 1 fully saturated rings. The molecule has 2 unspecified atom stereocenters. The van der Waals surface area contributed by atoms with Crippen molar-refractivity contribution in [3.63, 3.8) is 0 Å². The summed E-state index contributed by atoms with van der Waals surface area (Å²) < 4.78 is 5.94. The van der Waals surface area contributed by atoms with Crippen molar-refractivity contribution < 1.29 is 19.7 Å². The van der Waals surface area contributed by atoms with Gasteiger partial charge in [-0.3, -0.25) is 10.2 Å². The van der Waals surface area contributed by atoms with Crippen molar-refractivity contribution in [1.29, 1.82) is 0 Å². The van der Waals surface area contributed by atoms with Gasteiger partial charge in [0, 0.05) is 5.56 Å². The quantitative estimate of drug-likeness (QED) is 0.197. The molecule has 37 heavy (non-hydrogen) atoms. The lowest BCUT2D eigenvalue weighted by Gasteiger charge is -2.35. The van der Waals surface area contributed by atoms with Crippen molar-refractivity contribution in [2.75, 3.05) is 11.6 Å². The van der Waals surface area contributed by atoms with Gasteiger partial charge < -0.3 is 14.9 Å². The molecule has 1 amide bonds. The summed E-state index contributed by atoms with van der Waals surface area (Å²) in [7, 11) is 0. The number of unbranched alkanes of at least 4 members (excludes halogenated alkanes) is 13. The molecular formula is C31H46N2O4. The Bertz CT molecular complexity index is 922. The second kappa shape index (κ2) is 15.6. The van der Waals surface area contributed by atoms with Gasteiger partial charge in [0.1, 0.15) is 5.75 Å². The number of ether oxygens (including phenoxy) is 1. The maximum absolute atomic E-state index is 12.3. The van der Waals surface area contributed by atoms with Gasteiger partial charge in [-0.05, 0) is 30.7 Å². The van der Waals surface area contributed by atoms with E-state index in [1.165, 1.54) is 82.1 Å². The third-order valence-corrected chi connectivity index (χ3v) is 7.23. The Kier molecular flexibility index (Phi) is 12.2. The first-order chi connectivity index (χ1) is 18.1. The number of nitrogens with one attached hydrogen (secondary N) is 1. The SMILES string of the molecule is CCCCCCCCCCCCCCCCOc1cccc(C2(O)C(O)C(=O)NN2c2ccccc2)c1. The van der Waals surface area contributed by atoms with E-state index in [9.17, 15) is 15.0 Å². The third-order valence-electron chi connectivity index (χ3n) is 7.23. The zero-order valence-corrected chi connectivity index (χ0v) is 22.5. The van der Waals surface area contributed by atoms with Crippen molar-refractivity contribution in [3.05, 3.63) is 60.2 Å². The zero-order valence-electron chi connectivity index (χ0n) is 22.5. The number of aliphatic hydroxyl groups is 2.